The number of carbonyl (C=O) groups excluding carboxylic acids is 1. The van der Waals surface area contributed by atoms with E-state index < -0.39 is 0 Å². The van der Waals surface area contributed by atoms with Crippen molar-refractivity contribution in [3.8, 4) is 17.1 Å². The van der Waals surface area contributed by atoms with E-state index in [1.807, 2.05) is 24.3 Å². The van der Waals surface area contributed by atoms with Gasteiger partial charge >= 0.3 is 6.01 Å². The molecule has 2 heterocycles. The molecule has 2 atom stereocenters. The first kappa shape index (κ1) is 19.7. The highest BCUT2D eigenvalue weighted by Gasteiger charge is 2.30. The molecule has 7 heteroatoms. The molecule has 1 aromatic heterocycles. The van der Waals surface area contributed by atoms with Crippen molar-refractivity contribution in [1.29, 1.82) is 0 Å². The zero-order valence-corrected chi connectivity index (χ0v) is 17.3. The van der Waals surface area contributed by atoms with Crippen molar-refractivity contribution in [2.24, 2.45) is 11.8 Å². The lowest BCUT2D eigenvalue weighted by Crippen LogP contribution is -2.46. The fourth-order valence-electron chi connectivity index (χ4n) is 4.37. The van der Waals surface area contributed by atoms with Crippen LogP contribution in [0.5, 0.6) is 5.75 Å². The second kappa shape index (κ2) is 8.84. The van der Waals surface area contributed by atoms with E-state index in [9.17, 15) is 4.79 Å². The van der Waals surface area contributed by atoms with Gasteiger partial charge in [-0.3, -0.25) is 4.79 Å². The summed E-state index contributed by atoms with van der Waals surface area (Å²) in [4.78, 5) is 19.3. The van der Waals surface area contributed by atoms with Gasteiger partial charge in [0, 0.05) is 30.6 Å². The molecule has 7 nitrogen and oxygen atoms in total. The number of nitrogens with one attached hydrogen (secondary N) is 1. The second-order valence-corrected chi connectivity index (χ2v) is 8.27. The van der Waals surface area contributed by atoms with E-state index in [4.69, 9.17) is 9.26 Å². The molecule has 4 rings (SSSR count). The molecular formula is C22H30N4O3. The molecule has 0 bridgehead atoms. The minimum Gasteiger partial charge on any atom is -0.497 e. The highest BCUT2D eigenvalue weighted by Crippen LogP contribution is 2.27. The lowest BCUT2D eigenvalue weighted by atomic mass is 9.85. The molecule has 2 fully saturated rings. The molecule has 1 saturated heterocycles. The highest BCUT2D eigenvalue weighted by atomic mass is 16.5. The third-order valence-corrected chi connectivity index (χ3v) is 6.34. The fraction of sp³-hybridized carbons (Fsp3) is 0.591. The quantitative estimate of drug-likeness (QED) is 0.828. The van der Waals surface area contributed by atoms with Crippen molar-refractivity contribution in [2.75, 3.05) is 25.1 Å². The molecule has 2 unspecified atom stereocenters. The molecule has 156 valence electrons. The average Bonchev–Trinajstić information content (AvgIpc) is 3.26. The summed E-state index contributed by atoms with van der Waals surface area (Å²) in [7, 11) is 1.64. The molecular weight excluding hydrogens is 368 g/mol. The molecule has 1 aromatic carbocycles. The molecule has 1 amide bonds. The highest BCUT2D eigenvalue weighted by molar-refractivity contribution is 5.79. The Morgan fingerprint density at radius 2 is 1.86 bits per heavy atom. The van der Waals surface area contributed by atoms with Gasteiger partial charge in [-0.1, -0.05) is 24.9 Å². The van der Waals surface area contributed by atoms with Crippen LogP contribution in [0.15, 0.2) is 28.8 Å². The summed E-state index contributed by atoms with van der Waals surface area (Å²) in [6, 6.07) is 8.45. The average molecular weight is 399 g/mol. The first-order valence-corrected chi connectivity index (χ1v) is 10.7. The van der Waals surface area contributed by atoms with Crippen LogP contribution in [0, 0.1) is 11.8 Å². The predicted octanol–water partition coefficient (Wildman–Crippen LogP) is 3.66. The number of amides is 1. The van der Waals surface area contributed by atoms with Gasteiger partial charge < -0.3 is 19.5 Å². The summed E-state index contributed by atoms with van der Waals surface area (Å²) in [5.41, 5.74) is 0.886. The standard InChI is InChI=1S/C22H30N4O3/c1-15-5-3-4-6-19(15)23-21(27)17-11-13-26(14-12-17)22-24-20(25-29-22)16-7-9-18(28-2)10-8-16/h7-10,15,17,19H,3-6,11-14H2,1-2H3,(H,23,27). The Hall–Kier alpha value is -2.57. The van der Waals surface area contributed by atoms with E-state index in [2.05, 4.69) is 27.3 Å². The van der Waals surface area contributed by atoms with Gasteiger partial charge in [0.05, 0.1) is 7.11 Å². The Kier molecular flexibility index (Phi) is 6.02. The molecule has 0 spiro atoms. The van der Waals surface area contributed by atoms with E-state index in [0.717, 1.165) is 43.7 Å². The second-order valence-electron chi connectivity index (χ2n) is 8.27. The maximum Gasteiger partial charge on any atom is 0.324 e. The number of piperidine rings is 1. The molecule has 1 N–H and O–H groups in total. The van der Waals surface area contributed by atoms with Crippen molar-refractivity contribution in [2.45, 2.75) is 51.5 Å². The van der Waals surface area contributed by atoms with Crippen molar-refractivity contribution in [3.05, 3.63) is 24.3 Å². The fourth-order valence-corrected chi connectivity index (χ4v) is 4.37. The van der Waals surface area contributed by atoms with Crippen LogP contribution in [-0.2, 0) is 4.79 Å². The van der Waals surface area contributed by atoms with E-state index >= 15 is 0 Å². The Morgan fingerprint density at radius 1 is 1.14 bits per heavy atom. The molecule has 1 aliphatic heterocycles. The van der Waals surface area contributed by atoms with Crippen molar-refractivity contribution in [1.82, 2.24) is 15.5 Å². The molecule has 1 aliphatic carbocycles. The van der Waals surface area contributed by atoms with Gasteiger partial charge in [-0.15, -0.1) is 0 Å². The third-order valence-electron chi connectivity index (χ3n) is 6.34. The van der Waals surface area contributed by atoms with Gasteiger partial charge in [0.2, 0.25) is 11.7 Å². The van der Waals surface area contributed by atoms with E-state index in [1.165, 1.54) is 19.3 Å². The van der Waals surface area contributed by atoms with Gasteiger partial charge in [-0.2, -0.15) is 4.98 Å². The SMILES string of the molecule is COc1ccc(-c2noc(N3CCC(C(=O)NC4CCCCC4C)CC3)n2)cc1. The van der Waals surface area contributed by atoms with Gasteiger partial charge in [0.15, 0.2) is 0 Å². The van der Waals surface area contributed by atoms with E-state index in [0.29, 0.717) is 23.8 Å². The minimum absolute atomic E-state index is 0.0735. The Balaban J connectivity index is 1.31. The Bertz CT molecular complexity index is 812. The maximum absolute atomic E-state index is 12.7. The molecule has 2 aromatic rings. The van der Waals surface area contributed by atoms with Crippen LogP contribution < -0.4 is 15.0 Å². The third kappa shape index (κ3) is 4.54. The summed E-state index contributed by atoms with van der Waals surface area (Å²) in [6.45, 7) is 3.76. The lowest BCUT2D eigenvalue weighted by Gasteiger charge is -2.33. The number of nitrogens with zero attached hydrogens (tertiary/aromatic N) is 3. The van der Waals surface area contributed by atoms with Crippen molar-refractivity contribution >= 4 is 11.9 Å². The van der Waals surface area contributed by atoms with E-state index in [-0.39, 0.29) is 11.8 Å². The van der Waals surface area contributed by atoms with Crippen molar-refractivity contribution < 1.29 is 14.1 Å². The Labute approximate surface area is 171 Å². The van der Waals surface area contributed by atoms with E-state index in [1.54, 1.807) is 7.11 Å². The number of anilines is 1. The Morgan fingerprint density at radius 3 is 2.55 bits per heavy atom. The molecule has 29 heavy (non-hydrogen) atoms. The summed E-state index contributed by atoms with van der Waals surface area (Å²) in [5.74, 6) is 2.23. The van der Waals surface area contributed by atoms with Gasteiger partial charge in [-0.25, -0.2) is 0 Å². The number of hydrogen-bond acceptors (Lipinski definition) is 6. The van der Waals surface area contributed by atoms with Crippen LogP contribution in [0.1, 0.15) is 45.4 Å². The van der Waals surface area contributed by atoms with Crippen LogP contribution in [0.3, 0.4) is 0 Å². The van der Waals surface area contributed by atoms with Crippen LogP contribution >= 0.6 is 0 Å². The zero-order valence-electron chi connectivity index (χ0n) is 17.3. The number of methoxy groups -OCH3 is 1. The van der Waals surface area contributed by atoms with Crippen LogP contribution in [0.2, 0.25) is 0 Å². The number of carbonyl (C=O) groups is 1. The zero-order chi connectivity index (χ0) is 20.2. The summed E-state index contributed by atoms with van der Waals surface area (Å²) in [5, 5.41) is 7.42. The summed E-state index contributed by atoms with van der Waals surface area (Å²) >= 11 is 0. The van der Waals surface area contributed by atoms with Crippen LogP contribution in [0.25, 0.3) is 11.4 Å². The molecule has 2 aliphatic rings. The van der Waals surface area contributed by atoms with Crippen LogP contribution in [0.4, 0.5) is 6.01 Å². The molecule has 1 saturated carbocycles. The topological polar surface area (TPSA) is 80.5 Å². The summed E-state index contributed by atoms with van der Waals surface area (Å²) in [6.07, 6.45) is 6.47. The van der Waals surface area contributed by atoms with Gasteiger partial charge in [-0.05, 0) is 55.9 Å². The number of ether oxygens (including phenoxy) is 1. The first-order valence-electron chi connectivity index (χ1n) is 10.7. The lowest BCUT2D eigenvalue weighted by molar-refractivity contribution is -0.126. The minimum atomic E-state index is 0.0735. The number of aromatic nitrogens is 2. The molecule has 0 radical (unpaired) electrons. The summed E-state index contributed by atoms with van der Waals surface area (Å²) < 4.78 is 10.7. The number of rotatable bonds is 5. The number of hydrogen-bond donors (Lipinski definition) is 1. The monoisotopic (exact) mass is 398 g/mol. The van der Waals surface area contributed by atoms with Crippen molar-refractivity contribution in [3.63, 3.8) is 0 Å². The van der Waals surface area contributed by atoms with Crippen LogP contribution in [-0.4, -0.2) is 42.3 Å². The normalized spacial score (nSPS) is 23.0. The first-order chi connectivity index (χ1) is 14.1. The number of benzene rings is 1. The van der Waals surface area contributed by atoms with Gasteiger partial charge in [0.1, 0.15) is 5.75 Å². The van der Waals surface area contributed by atoms with Gasteiger partial charge in [0.25, 0.3) is 0 Å². The smallest absolute Gasteiger partial charge is 0.324 e. The largest absolute Gasteiger partial charge is 0.497 e. The maximum atomic E-state index is 12.7. The predicted molar refractivity (Wildman–Crippen MR) is 111 cm³/mol.